The lowest BCUT2D eigenvalue weighted by Gasteiger charge is -2.09. The van der Waals surface area contributed by atoms with Crippen molar-refractivity contribution in [2.75, 3.05) is 7.11 Å². The van der Waals surface area contributed by atoms with Gasteiger partial charge in [-0.1, -0.05) is 36.4 Å². The third kappa shape index (κ3) is 3.43. The van der Waals surface area contributed by atoms with Crippen LogP contribution in [0.25, 0.3) is 0 Å². The molecule has 1 heterocycles. The van der Waals surface area contributed by atoms with Crippen LogP contribution >= 0.6 is 0 Å². The van der Waals surface area contributed by atoms with Gasteiger partial charge in [-0.25, -0.2) is 4.99 Å². The van der Waals surface area contributed by atoms with E-state index in [2.05, 4.69) is 9.97 Å². The molecular formula is C19H17N3O. The molecule has 0 aliphatic rings. The van der Waals surface area contributed by atoms with Crippen molar-refractivity contribution in [3.05, 3.63) is 83.9 Å². The van der Waals surface area contributed by atoms with E-state index in [4.69, 9.17) is 9.73 Å². The molecule has 23 heavy (non-hydrogen) atoms. The zero-order chi connectivity index (χ0) is 16.1. The van der Waals surface area contributed by atoms with Crippen molar-refractivity contribution in [1.82, 2.24) is 9.97 Å². The number of aliphatic imine (C=N–C) groups is 1. The van der Waals surface area contributed by atoms with E-state index in [0.717, 1.165) is 34.0 Å². The van der Waals surface area contributed by atoms with Crippen LogP contribution in [0.15, 0.2) is 72.1 Å². The Balaban J connectivity index is 2.16. The van der Waals surface area contributed by atoms with Crippen LogP contribution in [0.1, 0.15) is 16.8 Å². The fourth-order valence-electron chi connectivity index (χ4n) is 2.28. The van der Waals surface area contributed by atoms with E-state index < -0.39 is 0 Å². The van der Waals surface area contributed by atoms with Crippen LogP contribution < -0.4 is 4.74 Å². The van der Waals surface area contributed by atoms with Crippen molar-refractivity contribution in [3.8, 4) is 5.75 Å². The third-order valence-electron chi connectivity index (χ3n) is 3.42. The highest BCUT2D eigenvalue weighted by Gasteiger charge is 2.11. The van der Waals surface area contributed by atoms with Gasteiger partial charge in [-0.2, -0.15) is 0 Å². The molecule has 0 atom stereocenters. The van der Waals surface area contributed by atoms with Crippen molar-refractivity contribution in [3.63, 3.8) is 0 Å². The van der Waals surface area contributed by atoms with Gasteiger partial charge in [0.05, 0.1) is 19.0 Å². The summed E-state index contributed by atoms with van der Waals surface area (Å²) in [7, 11) is 1.65. The number of methoxy groups -OCH3 is 1. The zero-order valence-corrected chi connectivity index (χ0v) is 13.1. The molecule has 0 amide bonds. The fourth-order valence-corrected chi connectivity index (χ4v) is 2.28. The van der Waals surface area contributed by atoms with E-state index in [9.17, 15) is 0 Å². The number of hydrogen-bond acceptors (Lipinski definition) is 4. The number of benzene rings is 2. The maximum Gasteiger partial charge on any atom is 0.144 e. The largest absolute Gasteiger partial charge is 0.494 e. The van der Waals surface area contributed by atoms with Gasteiger partial charge in [0, 0.05) is 18.0 Å². The van der Waals surface area contributed by atoms with Gasteiger partial charge in [-0.15, -0.1) is 0 Å². The highest BCUT2D eigenvalue weighted by atomic mass is 16.5. The van der Waals surface area contributed by atoms with E-state index >= 15 is 0 Å². The lowest BCUT2D eigenvalue weighted by Crippen LogP contribution is -2.06. The van der Waals surface area contributed by atoms with Crippen LogP contribution in [-0.2, 0) is 0 Å². The van der Waals surface area contributed by atoms with E-state index in [1.165, 1.54) is 0 Å². The monoisotopic (exact) mass is 303 g/mol. The first-order valence-electron chi connectivity index (χ1n) is 7.33. The molecule has 4 nitrogen and oxygen atoms in total. The Morgan fingerprint density at radius 1 is 1.04 bits per heavy atom. The summed E-state index contributed by atoms with van der Waals surface area (Å²) in [5.74, 6) is 0.738. The first-order valence-corrected chi connectivity index (χ1v) is 7.33. The SMILES string of the molecule is COc1cc(C)ccc1N=C(c1ccccc1)c1cnccn1. The molecule has 0 bridgehead atoms. The van der Waals surface area contributed by atoms with Crippen molar-refractivity contribution in [2.24, 2.45) is 4.99 Å². The molecule has 4 heteroatoms. The fraction of sp³-hybridized carbons (Fsp3) is 0.105. The molecule has 3 rings (SSSR count). The lowest BCUT2D eigenvalue weighted by molar-refractivity contribution is 0.416. The van der Waals surface area contributed by atoms with Crippen LogP contribution in [0.3, 0.4) is 0 Å². The molecule has 114 valence electrons. The molecule has 0 spiro atoms. The van der Waals surface area contributed by atoms with Crippen molar-refractivity contribution < 1.29 is 4.74 Å². The maximum atomic E-state index is 5.46. The topological polar surface area (TPSA) is 47.4 Å². The number of aryl methyl sites for hydroxylation is 1. The van der Waals surface area contributed by atoms with Gasteiger partial charge in [0.25, 0.3) is 0 Å². The molecule has 0 N–H and O–H groups in total. The summed E-state index contributed by atoms with van der Waals surface area (Å²) in [6, 6.07) is 15.9. The highest BCUT2D eigenvalue weighted by molar-refractivity contribution is 6.12. The zero-order valence-electron chi connectivity index (χ0n) is 13.1. The van der Waals surface area contributed by atoms with Gasteiger partial charge < -0.3 is 4.74 Å². The van der Waals surface area contributed by atoms with Gasteiger partial charge >= 0.3 is 0 Å². The summed E-state index contributed by atoms with van der Waals surface area (Å²) in [5.41, 5.74) is 4.36. The molecule has 0 radical (unpaired) electrons. The van der Waals surface area contributed by atoms with E-state index in [-0.39, 0.29) is 0 Å². The van der Waals surface area contributed by atoms with Gasteiger partial charge in [-0.05, 0) is 24.6 Å². The van der Waals surface area contributed by atoms with E-state index in [1.54, 1.807) is 25.7 Å². The number of ether oxygens (including phenoxy) is 1. The quantitative estimate of drug-likeness (QED) is 0.685. The molecule has 0 fully saturated rings. The molecule has 0 saturated heterocycles. The minimum Gasteiger partial charge on any atom is -0.494 e. The predicted molar refractivity (Wildman–Crippen MR) is 91.5 cm³/mol. The summed E-state index contributed by atoms with van der Waals surface area (Å²) in [5, 5.41) is 0. The minimum atomic E-state index is 0.723. The second kappa shape index (κ2) is 6.83. The van der Waals surface area contributed by atoms with Crippen molar-refractivity contribution in [2.45, 2.75) is 6.92 Å². The average Bonchev–Trinajstić information content (AvgIpc) is 2.62. The van der Waals surface area contributed by atoms with E-state index in [0.29, 0.717) is 0 Å². The Kier molecular flexibility index (Phi) is 4.43. The summed E-state index contributed by atoms with van der Waals surface area (Å²) < 4.78 is 5.46. The Bertz CT molecular complexity index is 773. The summed E-state index contributed by atoms with van der Waals surface area (Å²) in [6.45, 7) is 2.02. The molecule has 1 aromatic heterocycles. The van der Waals surface area contributed by atoms with Crippen LogP contribution in [-0.4, -0.2) is 22.8 Å². The Hall–Kier alpha value is -3.01. The van der Waals surface area contributed by atoms with Crippen molar-refractivity contribution in [1.29, 1.82) is 0 Å². The summed E-state index contributed by atoms with van der Waals surface area (Å²) in [6.07, 6.45) is 5.03. The molecule has 0 aliphatic carbocycles. The smallest absolute Gasteiger partial charge is 0.144 e. The third-order valence-corrected chi connectivity index (χ3v) is 3.42. The Morgan fingerprint density at radius 3 is 2.57 bits per heavy atom. The van der Waals surface area contributed by atoms with Crippen molar-refractivity contribution >= 4 is 11.4 Å². The number of rotatable bonds is 4. The van der Waals surface area contributed by atoms with Crippen LogP contribution in [0, 0.1) is 6.92 Å². The minimum absolute atomic E-state index is 0.723. The Labute approximate surface area is 135 Å². The molecular weight excluding hydrogens is 286 g/mol. The Morgan fingerprint density at radius 2 is 1.87 bits per heavy atom. The van der Waals surface area contributed by atoms with Gasteiger partial charge in [-0.3, -0.25) is 9.97 Å². The second-order valence-electron chi connectivity index (χ2n) is 5.09. The molecule has 3 aromatic rings. The number of hydrogen-bond donors (Lipinski definition) is 0. The summed E-state index contributed by atoms with van der Waals surface area (Å²) in [4.78, 5) is 13.3. The number of nitrogens with zero attached hydrogens (tertiary/aromatic N) is 3. The van der Waals surface area contributed by atoms with E-state index in [1.807, 2.05) is 55.5 Å². The normalized spacial score (nSPS) is 11.3. The maximum absolute atomic E-state index is 5.46. The summed E-state index contributed by atoms with van der Waals surface area (Å²) >= 11 is 0. The molecule has 0 saturated carbocycles. The van der Waals surface area contributed by atoms with Gasteiger partial charge in [0.15, 0.2) is 0 Å². The first kappa shape index (κ1) is 14.9. The first-order chi connectivity index (χ1) is 11.3. The second-order valence-corrected chi connectivity index (χ2v) is 5.09. The van der Waals surface area contributed by atoms with Gasteiger partial charge in [0.1, 0.15) is 17.1 Å². The lowest BCUT2D eigenvalue weighted by atomic mass is 10.1. The van der Waals surface area contributed by atoms with Crippen LogP contribution in [0.2, 0.25) is 0 Å². The molecule has 0 unspecified atom stereocenters. The van der Waals surface area contributed by atoms with Crippen LogP contribution in [0.4, 0.5) is 5.69 Å². The molecule has 0 aliphatic heterocycles. The number of aromatic nitrogens is 2. The average molecular weight is 303 g/mol. The van der Waals surface area contributed by atoms with Gasteiger partial charge in [0.2, 0.25) is 0 Å². The molecule has 2 aromatic carbocycles. The van der Waals surface area contributed by atoms with Crippen LogP contribution in [0.5, 0.6) is 5.75 Å². The standard InChI is InChI=1S/C19H17N3O/c1-14-8-9-16(18(12-14)23-2)22-19(15-6-4-3-5-7-15)17-13-20-10-11-21-17/h3-13H,1-2H3. The predicted octanol–water partition coefficient (Wildman–Crippen LogP) is 3.96. The highest BCUT2D eigenvalue weighted by Crippen LogP contribution is 2.29.